The van der Waals surface area contributed by atoms with E-state index in [0.717, 1.165) is 6.54 Å². The van der Waals surface area contributed by atoms with Gasteiger partial charge in [0.15, 0.2) is 0 Å². The molecule has 0 amide bonds. The summed E-state index contributed by atoms with van der Waals surface area (Å²) in [6.07, 6.45) is 7.90. The van der Waals surface area contributed by atoms with Crippen LogP contribution in [-0.2, 0) is 0 Å². The van der Waals surface area contributed by atoms with Gasteiger partial charge in [0, 0.05) is 18.9 Å². The fraction of sp³-hybridized carbons (Fsp3) is 0.556. The lowest BCUT2D eigenvalue weighted by Gasteiger charge is -2.05. The highest BCUT2D eigenvalue weighted by atomic mass is 15.4. The van der Waals surface area contributed by atoms with E-state index < -0.39 is 0 Å². The monoisotopic (exact) mass is 152 g/mol. The number of unbranched alkanes of at least 4 members (excludes halogenated alkanes) is 2. The number of aromatic nitrogens is 1. The third-order valence-electron chi connectivity index (χ3n) is 1.68. The van der Waals surface area contributed by atoms with Crippen molar-refractivity contribution in [3.63, 3.8) is 0 Å². The van der Waals surface area contributed by atoms with Crippen LogP contribution in [0.15, 0.2) is 24.5 Å². The van der Waals surface area contributed by atoms with Crippen LogP contribution in [0, 0.1) is 0 Å². The predicted octanol–water partition coefficient (Wildman–Crippen LogP) is 2.22. The molecule has 0 radical (unpaired) electrons. The second-order valence-corrected chi connectivity index (χ2v) is 2.71. The first-order valence-corrected chi connectivity index (χ1v) is 4.30. The maximum atomic E-state index is 3.28. The minimum Gasteiger partial charge on any atom is -0.326 e. The van der Waals surface area contributed by atoms with Crippen molar-refractivity contribution in [3.05, 3.63) is 24.5 Å². The van der Waals surface area contributed by atoms with Gasteiger partial charge < -0.3 is 5.43 Å². The van der Waals surface area contributed by atoms with Crippen molar-refractivity contribution < 1.29 is 0 Å². The molecule has 0 bridgehead atoms. The van der Waals surface area contributed by atoms with Crippen LogP contribution in [0.2, 0.25) is 0 Å². The van der Waals surface area contributed by atoms with E-state index in [-0.39, 0.29) is 0 Å². The molecule has 11 heavy (non-hydrogen) atoms. The Balaban J connectivity index is 2.04. The minimum absolute atomic E-state index is 1.07. The summed E-state index contributed by atoms with van der Waals surface area (Å²) in [6, 6.07) is 4.04. The van der Waals surface area contributed by atoms with Gasteiger partial charge in [-0.15, -0.1) is 0 Å². The molecule has 0 spiro atoms. The first kappa shape index (κ1) is 8.18. The Kier molecular flexibility index (Phi) is 3.59. The lowest BCUT2D eigenvalue weighted by Crippen LogP contribution is -2.13. The van der Waals surface area contributed by atoms with Gasteiger partial charge in [0.1, 0.15) is 0 Å². The molecule has 0 aliphatic carbocycles. The van der Waals surface area contributed by atoms with Crippen LogP contribution in [0.5, 0.6) is 0 Å². The first-order valence-electron chi connectivity index (χ1n) is 4.30. The Morgan fingerprint density at radius 2 is 1.91 bits per heavy atom. The molecule has 0 aromatic carbocycles. The number of hydrogen-bond acceptors (Lipinski definition) is 1. The molecule has 0 aliphatic rings. The average molecular weight is 152 g/mol. The molecule has 0 saturated carbocycles. The van der Waals surface area contributed by atoms with Crippen molar-refractivity contribution in [2.24, 2.45) is 0 Å². The Morgan fingerprint density at radius 3 is 2.55 bits per heavy atom. The van der Waals surface area contributed by atoms with E-state index in [0.29, 0.717) is 0 Å². The fourth-order valence-electron chi connectivity index (χ4n) is 1.02. The van der Waals surface area contributed by atoms with Gasteiger partial charge in [0.2, 0.25) is 0 Å². The molecule has 0 fully saturated rings. The lowest BCUT2D eigenvalue weighted by atomic mass is 10.2. The SMILES string of the molecule is CCCCCNn1cccc1. The van der Waals surface area contributed by atoms with E-state index in [2.05, 4.69) is 12.3 Å². The smallest absolute Gasteiger partial charge is 0.0313 e. The quantitative estimate of drug-likeness (QED) is 0.640. The summed E-state index contributed by atoms with van der Waals surface area (Å²) in [7, 11) is 0. The fourth-order valence-corrected chi connectivity index (χ4v) is 1.02. The summed E-state index contributed by atoms with van der Waals surface area (Å²) in [6.45, 7) is 3.29. The van der Waals surface area contributed by atoms with Gasteiger partial charge in [-0.25, -0.2) is 0 Å². The van der Waals surface area contributed by atoms with E-state index in [9.17, 15) is 0 Å². The van der Waals surface area contributed by atoms with Crippen molar-refractivity contribution in [2.45, 2.75) is 26.2 Å². The number of nitrogens with zero attached hydrogens (tertiary/aromatic N) is 1. The van der Waals surface area contributed by atoms with Gasteiger partial charge in [-0.3, -0.25) is 4.68 Å². The van der Waals surface area contributed by atoms with E-state index in [1.807, 2.05) is 29.2 Å². The molecule has 2 heteroatoms. The summed E-state index contributed by atoms with van der Waals surface area (Å²) in [4.78, 5) is 0. The van der Waals surface area contributed by atoms with E-state index >= 15 is 0 Å². The van der Waals surface area contributed by atoms with Crippen LogP contribution in [0.25, 0.3) is 0 Å². The standard InChI is InChI=1S/C9H16N2/c1-2-3-4-7-10-11-8-5-6-9-11/h5-6,8-10H,2-4,7H2,1H3. The van der Waals surface area contributed by atoms with Crippen molar-refractivity contribution in [1.82, 2.24) is 4.68 Å². The Morgan fingerprint density at radius 1 is 1.18 bits per heavy atom. The average Bonchev–Trinajstić information content (AvgIpc) is 2.50. The molecule has 2 nitrogen and oxygen atoms in total. The molecular formula is C9H16N2. The van der Waals surface area contributed by atoms with Crippen LogP contribution in [0.4, 0.5) is 0 Å². The van der Waals surface area contributed by atoms with Crippen LogP contribution < -0.4 is 5.43 Å². The minimum atomic E-state index is 1.07. The van der Waals surface area contributed by atoms with E-state index in [1.54, 1.807) is 0 Å². The molecule has 0 atom stereocenters. The summed E-state index contributed by atoms with van der Waals surface area (Å²) in [5, 5.41) is 0. The van der Waals surface area contributed by atoms with Crippen molar-refractivity contribution in [1.29, 1.82) is 0 Å². The molecule has 62 valence electrons. The third kappa shape index (κ3) is 3.12. The molecular weight excluding hydrogens is 136 g/mol. The summed E-state index contributed by atoms with van der Waals surface area (Å²) in [5.74, 6) is 0. The van der Waals surface area contributed by atoms with Crippen molar-refractivity contribution in [2.75, 3.05) is 12.0 Å². The van der Waals surface area contributed by atoms with Gasteiger partial charge in [-0.2, -0.15) is 0 Å². The second kappa shape index (κ2) is 4.83. The third-order valence-corrected chi connectivity index (χ3v) is 1.68. The van der Waals surface area contributed by atoms with Gasteiger partial charge in [0.05, 0.1) is 0 Å². The van der Waals surface area contributed by atoms with Crippen LogP contribution >= 0.6 is 0 Å². The van der Waals surface area contributed by atoms with Gasteiger partial charge in [-0.1, -0.05) is 19.8 Å². The van der Waals surface area contributed by atoms with Crippen LogP contribution in [0.3, 0.4) is 0 Å². The summed E-state index contributed by atoms with van der Waals surface area (Å²) in [5.41, 5.74) is 3.28. The Labute approximate surface area is 68.2 Å². The zero-order chi connectivity index (χ0) is 7.94. The molecule has 0 unspecified atom stereocenters. The van der Waals surface area contributed by atoms with Crippen LogP contribution in [-0.4, -0.2) is 11.2 Å². The molecule has 1 rings (SSSR count). The molecule has 1 aromatic heterocycles. The predicted molar refractivity (Wildman–Crippen MR) is 48.2 cm³/mol. The number of nitrogens with one attached hydrogen (secondary N) is 1. The van der Waals surface area contributed by atoms with Gasteiger partial charge in [-0.05, 0) is 18.6 Å². The zero-order valence-corrected chi connectivity index (χ0v) is 7.09. The van der Waals surface area contributed by atoms with Gasteiger partial charge in [0.25, 0.3) is 0 Å². The largest absolute Gasteiger partial charge is 0.326 e. The normalized spacial score (nSPS) is 9.91. The highest BCUT2D eigenvalue weighted by molar-refractivity contribution is 4.92. The number of rotatable bonds is 5. The summed E-state index contributed by atoms with van der Waals surface area (Å²) >= 11 is 0. The molecule has 0 saturated heterocycles. The highest BCUT2D eigenvalue weighted by Gasteiger charge is 1.85. The maximum Gasteiger partial charge on any atom is 0.0313 e. The second-order valence-electron chi connectivity index (χ2n) is 2.71. The lowest BCUT2D eigenvalue weighted by molar-refractivity contribution is 0.703. The Bertz CT molecular complexity index is 168. The first-order chi connectivity index (χ1) is 5.43. The molecule has 1 aromatic rings. The molecule has 1 N–H and O–H groups in total. The summed E-state index contributed by atoms with van der Waals surface area (Å²) < 4.78 is 2.00. The Hall–Kier alpha value is -0.920. The van der Waals surface area contributed by atoms with Gasteiger partial charge >= 0.3 is 0 Å². The van der Waals surface area contributed by atoms with E-state index in [4.69, 9.17) is 0 Å². The zero-order valence-electron chi connectivity index (χ0n) is 7.09. The van der Waals surface area contributed by atoms with Crippen LogP contribution in [0.1, 0.15) is 26.2 Å². The van der Waals surface area contributed by atoms with Crippen molar-refractivity contribution >= 4 is 0 Å². The maximum absolute atomic E-state index is 3.28. The topological polar surface area (TPSA) is 17.0 Å². The van der Waals surface area contributed by atoms with E-state index in [1.165, 1.54) is 19.3 Å². The molecule has 1 heterocycles. The highest BCUT2D eigenvalue weighted by Crippen LogP contribution is 1.92. The number of hydrogen-bond donors (Lipinski definition) is 1. The molecule has 0 aliphatic heterocycles. The van der Waals surface area contributed by atoms with Crippen molar-refractivity contribution in [3.8, 4) is 0 Å².